The number of carbonyl (C=O) groups is 3. The third kappa shape index (κ3) is 3.48. The number of anilines is 1. The van der Waals surface area contributed by atoms with E-state index in [2.05, 4.69) is 28.0 Å². The van der Waals surface area contributed by atoms with Crippen molar-refractivity contribution in [1.82, 2.24) is 24.6 Å². The quantitative estimate of drug-likeness (QED) is 0.163. The van der Waals surface area contributed by atoms with E-state index in [9.17, 15) is 34.2 Å². The van der Waals surface area contributed by atoms with Crippen LogP contribution in [-0.4, -0.2) is 71.3 Å². The van der Waals surface area contributed by atoms with Crippen molar-refractivity contribution in [1.29, 1.82) is 0 Å². The molecule has 2 aromatic rings. The van der Waals surface area contributed by atoms with Crippen molar-refractivity contribution < 1.29 is 24.6 Å². The normalized spacial score (nSPS) is 23.6. The number of hydrogen-bond acceptors (Lipinski definition) is 8. The molecule has 2 saturated heterocycles. The van der Waals surface area contributed by atoms with Gasteiger partial charge >= 0.3 is 23.1 Å². The highest BCUT2D eigenvalue weighted by molar-refractivity contribution is 7.80. The number of urea groups is 1. The number of nitrogens with one attached hydrogen (secondary N) is 2. The molecule has 3 amide bonds. The lowest BCUT2D eigenvalue weighted by Crippen LogP contribution is -2.69. The highest BCUT2D eigenvalue weighted by Crippen LogP contribution is 2.50. The largest absolute Gasteiger partial charge is 0.508 e. The molecule has 35 heavy (non-hydrogen) atoms. The molecule has 13 nitrogen and oxygen atoms in total. The number of aryl methyl sites for hydroxylation is 1. The maximum Gasteiger partial charge on any atom is 0.352 e. The third-order valence-corrected chi connectivity index (χ3v) is 7.11. The Morgan fingerprint density at radius 1 is 1.23 bits per heavy atom. The zero-order valence-electron chi connectivity index (χ0n) is 18.2. The number of H-pyrrole nitrogens is 1. The Morgan fingerprint density at radius 3 is 2.57 bits per heavy atom. The number of nitrogens with zero attached hydrogens (tertiary/aromatic N) is 4. The van der Waals surface area contributed by atoms with Crippen LogP contribution in [0, 0.1) is 5.92 Å². The minimum absolute atomic E-state index is 0.0228. The summed E-state index contributed by atoms with van der Waals surface area (Å²) in [5.74, 6) is -2.08. The topological polar surface area (TPSA) is 178 Å². The van der Waals surface area contributed by atoms with Crippen LogP contribution >= 0.6 is 12.6 Å². The molecule has 0 aliphatic carbocycles. The van der Waals surface area contributed by atoms with Crippen molar-refractivity contribution in [3.63, 3.8) is 0 Å². The summed E-state index contributed by atoms with van der Waals surface area (Å²) in [5, 5.41) is 23.4. The van der Waals surface area contributed by atoms with E-state index in [1.807, 2.05) is 0 Å². The second kappa shape index (κ2) is 8.01. The molecule has 4 heterocycles. The number of aliphatic carboxylic acids is 1. The van der Waals surface area contributed by atoms with Gasteiger partial charge in [-0.3, -0.25) is 29.1 Å². The molecule has 0 radical (unpaired) electrons. The Hall–Kier alpha value is -4.07. The van der Waals surface area contributed by atoms with Gasteiger partial charge < -0.3 is 20.4 Å². The first-order chi connectivity index (χ1) is 16.6. The SMILES string of the molecule is Cn1[nH]c(=O)c(=O)nc1C(S)C1=C(C(=O)O)N2C(=O)[C@@H]3[C@H]2[C@H](C1)CN3C(=O)Nc1ccc(O)cc1. The van der Waals surface area contributed by atoms with Crippen molar-refractivity contribution in [2.75, 3.05) is 11.9 Å². The summed E-state index contributed by atoms with van der Waals surface area (Å²) in [6.45, 7) is 0.191. The highest BCUT2D eigenvalue weighted by Gasteiger charge is 2.64. The molecule has 1 aromatic carbocycles. The van der Waals surface area contributed by atoms with Crippen molar-refractivity contribution in [3.05, 3.63) is 62.1 Å². The number of amides is 3. The van der Waals surface area contributed by atoms with Crippen molar-refractivity contribution in [2.24, 2.45) is 13.0 Å². The number of carboxylic acid groups (broad SMARTS) is 1. The molecule has 0 spiro atoms. The first-order valence-corrected chi connectivity index (χ1v) is 11.1. The molecule has 14 heteroatoms. The van der Waals surface area contributed by atoms with Crippen LogP contribution < -0.4 is 16.4 Å². The summed E-state index contributed by atoms with van der Waals surface area (Å²) in [5.41, 5.74) is -1.55. The van der Waals surface area contributed by atoms with E-state index in [1.165, 1.54) is 45.8 Å². The van der Waals surface area contributed by atoms with Crippen LogP contribution in [0.2, 0.25) is 0 Å². The predicted molar refractivity (Wildman–Crippen MR) is 123 cm³/mol. The molecule has 182 valence electrons. The Morgan fingerprint density at radius 2 is 1.91 bits per heavy atom. The fourth-order valence-corrected chi connectivity index (χ4v) is 5.51. The van der Waals surface area contributed by atoms with Crippen LogP contribution in [0.4, 0.5) is 10.5 Å². The zero-order chi connectivity index (χ0) is 25.2. The van der Waals surface area contributed by atoms with Gasteiger partial charge in [-0.2, -0.15) is 17.6 Å². The summed E-state index contributed by atoms with van der Waals surface area (Å²) in [4.78, 5) is 67.9. The summed E-state index contributed by atoms with van der Waals surface area (Å²) in [6, 6.07) is 4.03. The summed E-state index contributed by atoms with van der Waals surface area (Å²) in [6.07, 6.45) is 0.193. The van der Waals surface area contributed by atoms with E-state index in [0.29, 0.717) is 5.69 Å². The minimum atomic E-state index is -1.34. The second-order valence-corrected chi connectivity index (χ2v) is 9.11. The Balaban J connectivity index is 1.46. The Bertz CT molecular complexity index is 1410. The molecule has 4 atom stereocenters. The molecule has 4 N–H and O–H groups in total. The third-order valence-electron chi connectivity index (χ3n) is 6.57. The van der Waals surface area contributed by atoms with Crippen LogP contribution in [0.25, 0.3) is 0 Å². The van der Waals surface area contributed by atoms with E-state index in [1.54, 1.807) is 0 Å². The summed E-state index contributed by atoms with van der Waals surface area (Å²) in [7, 11) is 1.44. The lowest BCUT2D eigenvalue weighted by molar-refractivity contribution is -0.155. The lowest BCUT2D eigenvalue weighted by Gasteiger charge is -2.50. The van der Waals surface area contributed by atoms with Gasteiger partial charge in [-0.05, 0) is 36.3 Å². The van der Waals surface area contributed by atoms with Crippen LogP contribution in [0.3, 0.4) is 0 Å². The predicted octanol–water partition coefficient (Wildman–Crippen LogP) is -0.369. The van der Waals surface area contributed by atoms with Gasteiger partial charge in [-0.25, -0.2) is 9.59 Å². The molecule has 3 aliphatic rings. The molecular weight excluding hydrogens is 480 g/mol. The molecule has 0 saturated carbocycles. The number of aromatic hydroxyl groups is 1. The average Bonchev–Trinajstić information content (AvgIpc) is 3.18. The summed E-state index contributed by atoms with van der Waals surface area (Å²) >= 11 is 4.51. The van der Waals surface area contributed by atoms with E-state index in [4.69, 9.17) is 0 Å². The fourth-order valence-electron chi connectivity index (χ4n) is 5.05. The monoisotopic (exact) mass is 500 g/mol. The van der Waals surface area contributed by atoms with Crippen LogP contribution in [0.1, 0.15) is 17.5 Å². The van der Waals surface area contributed by atoms with Gasteiger partial charge in [0.15, 0.2) is 0 Å². The molecule has 1 aromatic heterocycles. The maximum absolute atomic E-state index is 13.1. The first kappa shape index (κ1) is 22.7. The number of thiol groups is 1. The van der Waals surface area contributed by atoms with Gasteiger partial charge in [0.25, 0.3) is 5.91 Å². The van der Waals surface area contributed by atoms with Crippen molar-refractivity contribution >= 4 is 36.2 Å². The number of carboxylic acids is 1. The van der Waals surface area contributed by atoms with E-state index in [-0.39, 0.29) is 41.7 Å². The van der Waals surface area contributed by atoms with E-state index >= 15 is 0 Å². The fraction of sp³-hybridized carbons (Fsp3) is 0.333. The smallest absolute Gasteiger partial charge is 0.352 e. The molecule has 2 fully saturated rings. The van der Waals surface area contributed by atoms with Gasteiger partial charge in [0, 0.05) is 25.2 Å². The Kier molecular flexibility index (Phi) is 5.20. The number of aromatic nitrogens is 3. The van der Waals surface area contributed by atoms with Gasteiger partial charge in [0.05, 0.1) is 11.3 Å². The average molecular weight is 500 g/mol. The van der Waals surface area contributed by atoms with Crippen molar-refractivity contribution in [3.8, 4) is 5.75 Å². The Labute approximate surface area is 202 Å². The number of carbonyl (C=O) groups excluding carboxylic acids is 2. The van der Waals surface area contributed by atoms with Crippen LogP contribution in [0.15, 0.2) is 45.1 Å². The molecule has 3 aliphatic heterocycles. The number of rotatable bonds is 4. The van der Waals surface area contributed by atoms with Crippen LogP contribution in [-0.2, 0) is 16.6 Å². The second-order valence-electron chi connectivity index (χ2n) is 8.59. The number of likely N-dealkylation sites (tertiary alicyclic amines) is 1. The lowest BCUT2D eigenvalue weighted by atomic mass is 9.78. The molecular formula is C21H20N6O7S. The molecule has 0 bridgehead atoms. The standard InChI is InChI=1S/C21H20N6O7S/c1-25-16(23-17(29)18(30)24-25)15(35)11-6-8-7-26(21(34)22-9-2-4-10(28)5-3-9)14-12(8)27(19(14)31)13(11)20(32)33/h2-5,8,12,14-15,28,35H,6-7H2,1H3,(H,22,34)(H,24,30)(H,32,33)/t8-,12-,14+,15?/m1/s1. The zero-order valence-corrected chi connectivity index (χ0v) is 19.1. The highest BCUT2D eigenvalue weighted by atomic mass is 32.1. The van der Waals surface area contributed by atoms with Crippen LogP contribution in [0.5, 0.6) is 5.75 Å². The molecule has 1 unspecified atom stereocenters. The minimum Gasteiger partial charge on any atom is -0.508 e. The number of phenolic OH excluding ortho intramolecular Hbond substituents is 1. The number of hydrogen-bond donors (Lipinski definition) is 5. The maximum atomic E-state index is 13.1. The first-order valence-electron chi connectivity index (χ1n) is 10.6. The summed E-state index contributed by atoms with van der Waals surface area (Å²) < 4.78 is 1.19. The number of β-lactam (4-membered cyclic amide) rings is 1. The number of phenols is 1. The van der Waals surface area contributed by atoms with Crippen molar-refractivity contribution in [2.45, 2.75) is 23.8 Å². The van der Waals surface area contributed by atoms with Gasteiger partial charge in [-0.1, -0.05) is 0 Å². The number of aromatic amines is 1. The van der Waals surface area contributed by atoms with Gasteiger partial charge in [-0.15, -0.1) is 0 Å². The molecule has 5 rings (SSSR count). The van der Waals surface area contributed by atoms with Gasteiger partial charge in [0.1, 0.15) is 23.3 Å². The van der Waals surface area contributed by atoms with Gasteiger partial charge in [0.2, 0.25) is 0 Å². The van der Waals surface area contributed by atoms with E-state index < -0.39 is 46.4 Å². The number of benzene rings is 1. The van der Waals surface area contributed by atoms with E-state index in [0.717, 1.165) is 0 Å².